The molecule has 96 valence electrons. The van der Waals surface area contributed by atoms with Crippen LogP contribution in [0.15, 0.2) is 18.3 Å². The summed E-state index contributed by atoms with van der Waals surface area (Å²) in [5, 5.41) is 9.97. The maximum absolute atomic E-state index is 11.7. The Morgan fingerprint density at radius 2 is 2.06 bits per heavy atom. The molecule has 0 spiro atoms. The Morgan fingerprint density at radius 1 is 1.33 bits per heavy atom. The summed E-state index contributed by atoms with van der Waals surface area (Å²) in [5.74, 6) is 0.0905. The molecule has 1 heterocycles. The van der Waals surface area contributed by atoms with Gasteiger partial charge in [0.05, 0.1) is 5.52 Å². The first-order valence-corrected chi connectivity index (χ1v) is 6.26. The molecular weight excluding hydrogens is 226 g/mol. The number of benzene rings is 1. The molecule has 0 aliphatic carbocycles. The van der Waals surface area contributed by atoms with Crippen molar-refractivity contribution in [2.75, 3.05) is 6.61 Å². The van der Waals surface area contributed by atoms with Gasteiger partial charge in [0.2, 0.25) is 0 Å². The number of carbonyl (C=O) groups is 1. The highest BCUT2D eigenvalue weighted by molar-refractivity contribution is 6.07. The second kappa shape index (κ2) is 4.94. The standard InChI is InChI=1S/C15H19NO2/c1-10-7-11(2)15-13(8-10)14(12(3)18)9-16(15)5-4-6-17/h7-9,17H,4-6H2,1-3H3. The van der Waals surface area contributed by atoms with Crippen molar-refractivity contribution in [3.63, 3.8) is 0 Å². The fraction of sp³-hybridized carbons (Fsp3) is 0.400. The first kappa shape index (κ1) is 12.8. The zero-order valence-corrected chi connectivity index (χ0v) is 11.2. The lowest BCUT2D eigenvalue weighted by Crippen LogP contribution is -1.99. The largest absolute Gasteiger partial charge is 0.396 e. The minimum absolute atomic E-state index is 0.0905. The molecular formula is C15H19NO2. The number of rotatable bonds is 4. The van der Waals surface area contributed by atoms with Crippen LogP contribution in [0.3, 0.4) is 0 Å². The van der Waals surface area contributed by atoms with Gasteiger partial charge in [-0.2, -0.15) is 0 Å². The molecule has 1 aromatic heterocycles. The molecule has 3 nitrogen and oxygen atoms in total. The van der Waals surface area contributed by atoms with E-state index in [2.05, 4.69) is 23.6 Å². The topological polar surface area (TPSA) is 42.2 Å². The van der Waals surface area contributed by atoms with E-state index < -0.39 is 0 Å². The number of carbonyl (C=O) groups excluding carboxylic acids is 1. The van der Waals surface area contributed by atoms with Crippen LogP contribution in [0.25, 0.3) is 10.9 Å². The highest BCUT2D eigenvalue weighted by Crippen LogP contribution is 2.26. The molecule has 2 rings (SSSR count). The van der Waals surface area contributed by atoms with Gasteiger partial charge in [0.25, 0.3) is 0 Å². The fourth-order valence-corrected chi connectivity index (χ4v) is 2.53. The van der Waals surface area contributed by atoms with Gasteiger partial charge in [-0.25, -0.2) is 0 Å². The molecule has 2 aromatic rings. The summed E-state index contributed by atoms with van der Waals surface area (Å²) in [5.41, 5.74) is 4.23. The van der Waals surface area contributed by atoms with Crippen LogP contribution < -0.4 is 0 Å². The van der Waals surface area contributed by atoms with E-state index in [-0.39, 0.29) is 12.4 Å². The molecule has 0 amide bonds. The summed E-state index contributed by atoms with van der Waals surface area (Å²) in [6.45, 7) is 6.61. The molecule has 0 radical (unpaired) electrons. The first-order chi connectivity index (χ1) is 8.54. The number of Topliss-reactive ketones (excluding diaryl/α,β-unsaturated/α-hetero) is 1. The molecule has 0 fully saturated rings. The zero-order valence-electron chi connectivity index (χ0n) is 11.2. The predicted molar refractivity (Wildman–Crippen MR) is 73.1 cm³/mol. The number of ketones is 1. The van der Waals surface area contributed by atoms with Gasteiger partial charge in [-0.05, 0) is 38.8 Å². The molecule has 0 atom stereocenters. The zero-order chi connectivity index (χ0) is 13.3. The average molecular weight is 245 g/mol. The van der Waals surface area contributed by atoms with Crippen molar-refractivity contribution >= 4 is 16.7 Å². The summed E-state index contributed by atoms with van der Waals surface area (Å²) in [6.07, 6.45) is 2.61. The van der Waals surface area contributed by atoms with Crippen molar-refractivity contribution in [2.45, 2.75) is 33.7 Å². The van der Waals surface area contributed by atoms with Gasteiger partial charge >= 0.3 is 0 Å². The monoisotopic (exact) mass is 245 g/mol. The molecule has 0 bridgehead atoms. The highest BCUT2D eigenvalue weighted by Gasteiger charge is 2.13. The molecule has 0 saturated heterocycles. The minimum atomic E-state index is 0.0905. The first-order valence-electron chi connectivity index (χ1n) is 6.26. The number of aliphatic hydroxyl groups excluding tert-OH is 1. The maximum atomic E-state index is 11.7. The Morgan fingerprint density at radius 3 is 2.67 bits per heavy atom. The average Bonchev–Trinajstić information content (AvgIpc) is 2.65. The van der Waals surface area contributed by atoms with Crippen LogP contribution in [0.1, 0.15) is 34.8 Å². The Labute approximate surface area is 107 Å². The lowest BCUT2D eigenvalue weighted by atomic mass is 10.0. The normalized spacial score (nSPS) is 11.1. The maximum Gasteiger partial charge on any atom is 0.161 e. The molecule has 0 aliphatic rings. The van der Waals surface area contributed by atoms with Gasteiger partial charge in [-0.15, -0.1) is 0 Å². The van der Waals surface area contributed by atoms with Crippen LogP contribution in [0, 0.1) is 13.8 Å². The van der Waals surface area contributed by atoms with E-state index in [0.29, 0.717) is 6.42 Å². The van der Waals surface area contributed by atoms with E-state index in [9.17, 15) is 4.79 Å². The quantitative estimate of drug-likeness (QED) is 0.842. The van der Waals surface area contributed by atoms with E-state index in [1.807, 2.05) is 13.1 Å². The Balaban J connectivity index is 2.68. The van der Waals surface area contributed by atoms with Crippen molar-refractivity contribution in [1.82, 2.24) is 4.57 Å². The molecule has 0 saturated carbocycles. The highest BCUT2D eigenvalue weighted by atomic mass is 16.3. The lowest BCUT2D eigenvalue weighted by Gasteiger charge is -2.07. The van der Waals surface area contributed by atoms with Crippen LogP contribution in [-0.2, 0) is 6.54 Å². The van der Waals surface area contributed by atoms with Crippen molar-refractivity contribution in [3.05, 3.63) is 35.0 Å². The SMILES string of the molecule is CC(=O)c1cn(CCCO)c2c(C)cc(C)cc12. The Hall–Kier alpha value is -1.61. The molecule has 18 heavy (non-hydrogen) atoms. The molecule has 1 N–H and O–H groups in total. The van der Waals surface area contributed by atoms with Gasteiger partial charge in [0.1, 0.15) is 0 Å². The minimum Gasteiger partial charge on any atom is -0.396 e. The number of aromatic nitrogens is 1. The van der Waals surface area contributed by atoms with Crippen molar-refractivity contribution in [2.24, 2.45) is 0 Å². The van der Waals surface area contributed by atoms with Gasteiger partial charge in [0.15, 0.2) is 5.78 Å². The Kier molecular flexibility index (Phi) is 3.53. The smallest absolute Gasteiger partial charge is 0.161 e. The van der Waals surface area contributed by atoms with E-state index in [1.165, 1.54) is 11.1 Å². The van der Waals surface area contributed by atoms with E-state index in [0.717, 1.165) is 23.0 Å². The van der Waals surface area contributed by atoms with Gasteiger partial charge in [-0.1, -0.05) is 11.6 Å². The summed E-state index contributed by atoms with van der Waals surface area (Å²) >= 11 is 0. The third-order valence-electron chi connectivity index (χ3n) is 3.24. The van der Waals surface area contributed by atoms with Gasteiger partial charge in [-0.3, -0.25) is 4.79 Å². The van der Waals surface area contributed by atoms with Gasteiger partial charge in [0, 0.05) is 30.3 Å². The predicted octanol–water partition coefficient (Wildman–Crippen LogP) is 2.84. The Bertz CT molecular complexity index is 596. The van der Waals surface area contributed by atoms with Crippen molar-refractivity contribution in [3.8, 4) is 0 Å². The number of aryl methyl sites for hydroxylation is 3. The molecule has 3 heteroatoms. The number of hydrogen-bond acceptors (Lipinski definition) is 2. The summed E-state index contributed by atoms with van der Waals surface area (Å²) in [4.78, 5) is 11.7. The van der Waals surface area contributed by atoms with Crippen LogP contribution >= 0.6 is 0 Å². The third-order valence-corrected chi connectivity index (χ3v) is 3.24. The van der Waals surface area contributed by atoms with Gasteiger partial charge < -0.3 is 9.67 Å². The number of nitrogens with zero attached hydrogens (tertiary/aromatic N) is 1. The second-order valence-corrected chi connectivity index (χ2v) is 4.85. The lowest BCUT2D eigenvalue weighted by molar-refractivity contribution is 0.101. The third kappa shape index (κ3) is 2.18. The summed E-state index contributed by atoms with van der Waals surface area (Å²) in [6, 6.07) is 4.19. The van der Waals surface area contributed by atoms with Crippen LogP contribution in [0.5, 0.6) is 0 Å². The molecule has 1 aromatic carbocycles. The number of fused-ring (bicyclic) bond motifs is 1. The van der Waals surface area contributed by atoms with Crippen LogP contribution in [-0.4, -0.2) is 22.1 Å². The number of aliphatic hydroxyl groups is 1. The van der Waals surface area contributed by atoms with E-state index >= 15 is 0 Å². The van der Waals surface area contributed by atoms with E-state index in [4.69, 9.17) is 5.11 Å². The van der Waals surface area contributed by atoms with Crippen LogP contribution in [0.4, 0.5) is 0 Å². The molecule has 0 unspecified atom stereocenters. The van der Waals surface area contributed by atoms with E-state index in [1.54, 1.807) is 6.92 Å². The van der Waals surface area contributed by atoms with Crippen LogP contribution in [0.2, 0.25) is 0 Å². The second-order valence-electron chi connectivity index (χ2n) is 4.85. The number of hydrogen-bond donors (Lipinski definition) is 1. The van der Waals surface area contributed by atoms with Crippen molar-refractivity contribution in [1.29, 1.82) is 0 Å². The summed E-state index contributed by atoms with van der Waals surface area (Å²) in [7, 11) is 0. The van der Waals surface area contributed by atoms with Crippen molar-refractivity contribution < 1.29 is 9.90 Å². The summed E-state index contributed by atoms with van der Waals surface area (Å²) < 4.78 is 2.08. The molecule has 0 aliphatic heterocycles. The fourth-order valence-electron chi connectivity index (χ4n) is 2.53.